The predicted octanol–water partition coefficient (Wildman–Crippen LogP) is 15.9. The second-order valence-corrected chi connectivity index (χ2v) is 17.5. The maximum absolute atomic E-state index is 10.6. The minimum atomic E-state index is 0.552. The molecule has 0 saturated heterocycles. The Bertz CT molecular complexity index is 4110. The van der Waals surface area contributed by atoms with E-state index in [1.165, 1.54) is 0 Å². The lowest BCUT2D eigenvalue weighted by Crippen LogP contribution is -2.04. The summed E-state index contributed by atoms with van der Waals surface area (Å²) in [5.41, 5.74) is 15.8. The van der Waals surface area contributed by atoms with Crippen LogP contribution in [0.1, 0.15) is 5.56 Å². The van der Waals surface area contributed by atoms with Crippen LogP contribution in [-0.4, -0.2) is 24.1 Å². The van der Waals surface area contributed by atoms with Crippen LogP contribution in [0.4, 0.5) is 0 Å². The molecule has 0 spiro atoms. The molecule has 13 aromatic rings. The maximum atomic E-state index is 10.6. The van der Waals surface area contributed by atoms with E-state index in [2.05, 4.69) is 179 Å². The minimum Gasteiger partial charge on any atom is -0.309 e. The predicted molar refractivity (Wildman–Crippen MR) is 286 cm³/mol. The molecule has 0 amide bonds. The lowest BCUT2D eigenvalue weighted by molar-refractivity contribution is 1.07. The lowest BCUT2D eigenvalue weighted by Gasteiger charge is -2.20. The highest BCUT2D eigenvalue weighted by molar-refractivity contribution is 6.13. The quantitative estimate of drug-likeness (QED) is 0.152. The summed E-state index contributed by atoms with van der Waals surface area (Å²) >= 11 is 0. The van der Waals surface area contributed by atoms with Crippen molar-refractivity contribution in [3.05, 3.63) is 248 Å². The van der Waals surface area contributed by atoms with Crippen molar-refractivity contribution in [2.75, 3.05) is 0 Å². The molecule has 3 aromatic heterocycles. The third kappa shape index (κ3) is 6.92. The average Bonchev–Trinajstić information content (AvgIpc) is 3.95. The van der Waals surface area contributed by atoms with E-state index >= 15 is 0 Å². The Morgan fingerprint density at radius 1 is 0.286 bits per heavy atom. The van der Waals surface area contributed by atoms with Gasteiger partial charge in [0.25, 0.3) is 0 Å². The first-order valence-corrected chi connectivity index (χ1v) is 23.4. The summed E-state index contributed by atoms with van der Waals surface area (Å²) in [6.07, 6.45) is 0. The van der Waals surface area contributed by atoms with Gasteiger partial charge in [-0.3, -0.25) is 0 Å². The Labute approximate surface area is 404 Å². The van der Waals surface area contributed by atoms with Crippen LogP contribution < -0.4 is 0 Å². The van der Waals surface area contributed by atoms with Crippen molar-refractivity contribution >= 4 is 43.6 Å². The lowest BCUT2D eigenvalue weighted by atomic mass is 9.96. The highest BCUT2D eigenvalue weighted by Gasteiger charge is 2.23. The third-order valence-electron chi connectivity index (χ3n) is 13.4. The van der Waals surface area contributed by atoms with Gasteiger partial charge in [-0.2, -0.15) is 5.26 Å². The third-order valence-corrected chi connectivity index (χ3v) is 13.4. The summed E-state index contributed by atoms with van der Waals surface area (Å²) in [7, 11) is 0. The van der Waals surface area contributed by atoms with Gasteiger partial charge in [-0.05, 0) is 89.0 Å². The number of fused-ring (bicyclic) bond motifs is 6. The smallest absolute Gasteiger partial charge is 0.164 e. The Morgan fingerprint density at radius 3 is 1.20 bits per heavy atom. The van der Waals surface area contributed by atoms with Crippen LogP contribution in [0.15, 0.2) is 243 Å². The molecule has 10 aromatic carbocycles. The summed E-state index contributed by atoms with van der Waals surface area (Å²) in [4.78, 5) is 15.4. The zero-order valence-corrected chi connectivity index (χ0v) is 37.8. The van der Waals surface area contributed by atoms with E-state index in [1.54, 1.807) is 0 Å². The highest BCUT2D eigenvalue weighted by Crippen LogP contribution is 2.44. The second kappa shape index (κ2) is 16.9. The molecular weight excluding hydrogens is 853 g/mol. The van der Waals surface area contributed by atoms with E-state index in [4.69, 9.17) is 15.0 Å². The van der Waals surface area contributed by atoms with Crippen molar-refractivity contribution in [3.63, 3.8) is 0 Å². The Kier molecular flexibility index (Phi) is 9.78. The summed E-state index contributed by atoms with van der Waals surface area (Å²) in [6, 6.07) is 87.0. The first-order valence-electron chi connectivity index (χ1n) is 23.4. The molecule has 0 atom stereocenters. The molecule has 0 radical (unpaired) electrons. The van der Waals surface area contributed by atoms with Gasteiger partial charge in [0.2, 0.25) is 0 Å². The molecule has 13 rings (SSSR count). The minimum absolute atomic E-state index is 0.552. The van der Waals surface area contributed by atoms with Crippen LogP contribution >= 0.6 is 0 Å². The number of hydrogen-bond acceptors (Lipinski definition) is 4. The number of rotatable bonds is 8. The van der Waals surface area contributed by atoms with Crippen LogP contribution in [0.3, 0.4) is 0 Å². The van der Waals surface area contributed by atoms with E-state index in [1.807, 2.05) is 78.9 Å². The monoisotopic (exact) mass is 892 g/mol. The molecule has 6 heteroatoms. The molecule has 0 aliphatic carbocycles. The Hall–Kier alpha value is -9.70. The summed E-state index contributed by atoms with van der Waals surface area (Å²) in [6.45, 7) is 0. The second-order valence-electron chi connectivity index (χ2n) is 17.5. The molecule has 70 heavy (non-hydrogen) atoms. The highest BCUT2D eigenvalue weighted by atomic mass is 15.0. The zero-order chi connectivity index (χ0) is 46.5. The number of aromatic nitrogens is 5. The van der Waals surface area contributed by atoms with Gasteiger partial charge in [-0.25, -0.2) is 15.0 Å². The van der Waals surface area contributed by atoms with Gasteiger partial charge >= 0.3 is 0 Å². The van der Waals surface area contributed by atoms with Crippen molar-refractivity contribution in [2.45, 2.75) is 0 Å². The number of nitriles is 1. The standard InChI is InChI=1S/C64H40N6/c65-41-42-29-33-52(61(37-42)70-57-28-16-14-26-51(57)54-39-48(31-35-60(54)70)44-19-7-2-8-20-44)55-40-49(64-67-62(45-21-9-3-10-22-45)66-63(68-64)46-23-11-4-12-24-46)32-36-59(55)69-56-27-15-13-25-50(56)53-38-47(30-34-58(53)69)43-17-5-1-6-18-43/h1-40H. The van der Waals surface area contributed by atoms with Crippen molar-refractivity contribution in [2.24, 2.45) is 0 Å². The summed E-state index contributed by atoms with van der Waals surface area (Å²) < 4.78 is 4.71. The normalized spacial score (nSPS) is 11.4. The van der Waals surface area contributed by atoms with E-state index < -0.39 is 0 Å². The topological polar surface area (TPSA) is 72.3 Å². The molecule has 6 nitrogen and oxygen atoms in total. The van der Waals surface area contributed by atoms with Gasteiger partial charge in [-0.15, -0.1) is 0 Å². The molecule has 0 N–H and O–H groups in total. The van der Waals surface area contributed by atoms with Crippen molar-refractivity contribution < 1.29 is 0 Å². The van der Waals surface area contributed by atoms with Gasteiger partial charge in [-0.1, -0.05) is 176 Å². The molecule has 0 fully saturated rings. The molecule has 3 heterocycles. The Morgan fingerprint density at radius 2 is 0.700 bits per heavy atom. The molecule has 0 bridgehead atoms. The van der Waals surface area contributed by atoms with Crippen LogP contribution in [0.25, 0.3) is 123 Å². The maximum Gasteiger partial charge on any atom is 0.164 e. The van der Waals surface area contributed by atoms with Gasteiger partial charge in [0, 0.05) is 49.4 Å². The number of benzene rings is 10. The fraction of sp³-hybridized carbons (Fsp3) is 0. The molecule has 0 saturated carbocycles. The van der Waals surface area contributed by atoms with E-state index in [-0.39, 0.29) is 0 Å². The van der Waals surface area contributed by atoms with E-state index in [0.717, 1.165) is 105 Å². The van der Waals surface area contributed by atoms with Crippen LogP contribution in [0, 0.1) is 11.3 Å². The van der Waals surface area contributed by atoms with Crippen molar-refractivity contribution in [1.82, 2.24) is 24.1 Å². The van der Waals surface area contributed by atoms with Crippen LogP contribution in [0.2, 0.25) is 0 Å². The molecule has 0 unspecified atom stereocenters. The fourth-order valence-corrected chi connectivity index (χ4v) is 10.1. The SMILES string of the molecule is N#Cc1ccc(-c2cc(-c3nc(-c4ccccc4)nc(-c4ccccc4)n3)ccc2-n2c3ccccc3c3cc(-c4ccccc4)ccc32)c(-n2c3ccccc3c3cc(-c4ccccc4)ccc32)c1. The van der Waals surface area contributed by atoms with Crippen LogP contribution in [0.5, 0.6) is 0 Å². The van der Waals surface area contributed by atoms with Gasteiger partial charge in [0.15, 0.2) is 17.5 Å². The molecule has 0 aliphatic heterocycles. The van der Waals surface area contributed by atoms with E-state index in [0.29, 0.717) is 23.0 Å². The molecule has 326 valence electrons. The van der Waals surface area contributed by atoms with Crippen molar-refractivity contribution in [3.8, 4) is 85.0 Å². The zero-order valence-electron chi connectivity index (χ0n) is 37.8. The largest absolute Gasteiger partial charge is 0.309 e. The van der Waals surface area contributed by atoms with Gasteiger partial charge in [0.1, 0.15) is 0 Å². The molecular formula is C64H40N6. The van der Waals surface area contributed by atoms with Crippen LogP contribution in [-0.2, 0) is 0 Å². The average molecular weight is 893 g/mol. The summed E-state index contributed by atoms with van der Waals surface area (Å²) in [5.74, 6) is 1.73. The molecule has 0 aliphatic rings. The summed E-state index contributed by atoms with van der Waals surface area (Å²) in [5, 5.41) is 15.2. The van der Waals surface area contributed by atoms with Crippen molar-refractivity contribution in [1.29, 1.82) is 5.26 Å². The fourth-order valence-electron chi connectivity index (χ4n) is 10.1. The number of nitrogens with zero attached hydrogens (tertiary/aromatic N) is 6. The van der Waals surface area contributed by atoms with E-state index in [9.17, 15) is 5.26 Å². The first-order chi connectivity index (χ1) is 34.7. The number of hydrogen-bond donors (Lipinski definition) is 0. The number of para-hydroxylation sites is 2. The Balaban J connectivity index is 1.11. The van der Waals surface area contributed by atoms with Gasteiger partial charge in [0.05, 0.1) is 45.1 Å². The first kappa shape index (κ1) is 40.6. The van der Waals surface area contributed by atoms with Gasteiger partial charge < -0.3 is 9.13 Å².